The largest absolute Gasteiger partial charge is 0.469 e. The lowest BCUT2D eigenvalue weighted by Crippen LogP contribution is -2.56. The molecule has 4 atom stereocenters. The van der Waals surface area contributed by atoms with Crippen LogP contribution in [0.1, 0.15) is 55.4 Å². The Hall–Kier alpha value is -3.74. The second-order valence-electron chi connectivity index (χ2n) is 10.6. The van der Waals surface area contributed by atoms with E-state index >= 15 is 0 Å². The second-order valence-corrected chi connectivity index (χ2v) is 10.6. The van der Waals surface area contributed by atoms with Crippen LogP contribution < -0.4 is 10.1 Å². The molecule has 2 bridgehead atoms. The summed E-state index contributed by atoms with van der Waals surface area (Å²) in [4.78, 5) is 11.6. The first kappa shape index (κ1) is 22.5. The fraction of sp³-hybridized carbons (Fsp3) is 0.429. The number of ether oxygens (including phenoxy) is 1. The molecule has 37 heavy (non-hydrogen) atoms. The van der Waals surface area contributed by atoms with Crippen LogP contribution in [0.3, 0.4) is 0 Å². The normalized spacial score (nSPS) is 24.3. The number of fused-ring (bicyclic) bond motifs is 3. The zero-order valence-corrected chi connectivity index (χ0v) is 21.1. The van der Waals surface area contributed by atoms with Crippen LogP contribution in [0, 0.1) is 18.3 Å². The molecular formula is C28H30N8O. The number of imidazole rings is 1. The summed E-state index contributed by atoms with van der Waals surface area (Å²) in [6.45, 7) is 6.20. The van der Waals surface area contributed by atoms with E-state index in [4.69, 9.17) is 9.84 Å². The minimum atomic E-state index is -0.293. The van der Waals surface area contributed by atoms with Crippen molar-refractivity contribution in [2.75, 3.05) is 13.1 Å². The molecule has 3 aliphatic rings. The number of hydrogen-bond acceptors (Lipinski definition) is 7. The van der Waals surface area contributed by atoms with Gasteiger partial charge in [0.05, 0.1) is 24.1 Å². The first-order valence-corrected chi connectivity index (χ1v) is 13.1. The van der Waals surface area contributed by atoms with E-state index in [9.17, 15) is 5.26 Å². The van der Waals surface area contributed by atoms with Crippen molar-refractivity contribution in [1.82, 2.24) is 34.4 Å². The Balaban J connectivity index is 1.17. The lowest BCUT2D eigenvalue weighted by molar-refractivity contribution is 0.0409. The van der Waals surface area contributed by atoms with Crippen molar-refractivity contribution in [3.63, 3.8) is 0 Å². The number of nitrogens with one attached hydrogen (secondary N) is 1. The van der Waals surface area contributed by atoms with Crippen molar-refractivity contribution in [2.24, 2.45) is 0 Å². The van der Waals surface area contributed by atoms with E-state index in [0.717, 1.165) is 41.6 Å². The molecule has 7 heterocycles. The van der Waals surface area contributed by atoms with Gasteiger partial charge in [-0.15, -0.1) is 0 Å². The first-order chi connectivity index (χ1) is 18.1. The van der Waals surface area contributed by atoms with E-state index < -0.39 is 0 Å². The van der Waals surface area contributed by atoms with Gasteiger partial charge in [-0.2, -0.15) is 10.4 Å². The smallest absolute Gasteiger partial charge is 0.201 e. The summed E-state index contributed by atoms with van der Waals surface area (Å²) >= 11 is 0. The number of likely N-dealkylation sites (tertiary alicyclic amines) is 1. The van der Waals surface area contributed by atoms with E-state index in [1.54, 1.807) is 16.8 Å². The Morgan fingerprint density at radius 1 is 1.16 bits per heavy atom. The van der Waals surface area contributed by atoms with E-state index in [2.05, 4.69) is 37.9 Å². The fourth-order valence-electron chi connectivity index (χ4n) is 6.44. The third kappa shape index (κ3) is 3.71. The number of nitriles is 1. The van der Waals surface area contributed by atoms with Gasteiger partial charge in [-0.25, -0.2) is 4.98 Å². The predicted octanol–water partition coefficient (Wildman–Crippen LogP) is 3.66. The van der Waals surface area contributed by atoms with Crippen LogP contribution in [-0.4, -0.2) is 60.3 Å². The highest BCUT2D eigenvalue weighted by molar-refractivity contribution is 5.71. The van der Waals surface area contributed by atoms with Crippen LogP contribution in [0.5, 0.6) is 5.88 Å². The molecule has 0 amide bonds. The molecule has 3 fully saturated rings. The molecule has 188 valence electrons. The summed E-state index contributed by atoms with van der Waals surface area (Å²) in [5, 5.41) is 18.2. The Morgan fingerprint density at radius 3 is 2.78 bits per heavy atom. The molecule has 0 aliphatic carbocycles. The average molecular weight is 495 g/mol. The maximum Gasteiger partial charge on any atom is 0.201 e. The summed E-state index contributed by atoms with van der Waals surface area (Å²) in [6.07, 6.45) is 8.93. The number of rotatable bonds is 6. The quantitative estimate of drug-likeness (QED) is 0.437. The van der Waals surface area contributed by atoms with Gasteiger partial charge in [0.2, 0.25) is 5.88 Å². The number of pyridine rings is 2. The van der Waals surface area contributed by atoms with Gasteiger partial charge in [0.15, 0.2) is 0 Å². The zero-order chi connectivity index (χ0) is 25.1. The minimum absolute atomic E-state index is 0.293. The molecule has 3 unspecified atom stereocenters. The van der Waals surface area contributed by atoms with E-state index in [-0.39, 0.29) is 6.10 Å². The summed E-state index contributed by atoms with van der Waals surface area (Å²) in [7, 11) is 0. The molecule has 7 rings (SSSR count). The van der Waals surface area contributed by atoms with Gasteiger partial charge in [0.25, 0.3) is 0 Å². The fourth-order valence-corrected chi connectivity index (χ4v) is 6.44. The number of nitrogens with zero attached hydrogens (tertiary/aromatic N) is 7. The maximum absolute atomic E-state index is 9.66. The van der Waals surface area contributed by atoms with Gasteiger partial charge in [-0.1, -0.05) is 6.07 Å². The summed E-state index contributed by atoms with van der Waals surface area (Å²) in [6, 6.07) is 14.5. The molecule has 0 radical (unpaired) electrons. The highest BCUT2D eigenvalue weighted by Crippen LogP contribution is 2.38. The second kappa shape index (κ2) is 8.68. The Bertz CT molecular complexity index is 1500. The molecule has 3 aliphatic heterocycles. The molecule has 9 heteroatoms. The maximum atomic E-state index is 9.66. The predicted molar refractivity (Wildman–Crippen MR) is 138 cm³/mol. The monoisotopic (exact) mass is 494 g/mol. The molecular weight excluding hydrogens is 464 g/mol. The summed E-state index contributed by atoms with van der Waals surface area (Å²) < 4.78 is 10.3. The molecule has 4 aromatic heterocycles. The van der Waals surface area contributed by atoms with Crippen molar-refractivity contribution in [1.29, 1.82) is 5.26 Å². The van der Waals surface area contributed by atoms with Crippen LogP contribution in [0.25, 0.3) is 16.8 Å². The highest BCUT2D eigenvalue weighted by atomic mass is 16.5. The van der Waals surface area contributed by atoms with Crippen LogP contribution in [0.2, 0.25) is 0 Å². The number of hydrogen-bond donors (Lipinski definition) is 1. The van der Waals surface area contributed by atoms with Gasteiger partial charge in [-0.3, -0.25) is 19.0 Å². The van der Waals surface area contributed by atoms with Crippen LogP contribution in [0.15, 0.2) is 48.9 Å². The first-order valence-electron chi connectivity index (χ1n) is 13.1. The molecule has 0 saturated carbocycles. The molecule has 1 N–H and O–H groups in total. The Labute approximate surface area is 215 Å². The van der Waals surface area contributed by atoms with Gasteiger partial charge < -0.3 is 10.1 Å². The van der Waals surface area contributed by atoms with Crippen molar-refractivity contribution in [3.05, 3.63) is 66.0 Å². The van der Waals surface area contributed by atoms with Gasteiger partial charge >= 0.3 is 0 Å². The van der Waals surface area contributed by atoms with Crippen molar-refractivity contribution < 1.29 is 4.74 Å². The topological polar surface area (TPSA) is 96.3 Å². The molecule has 4 aromatic rings. The van der Waals surface area contributed by atoms with Crippen molar-refractivity contribution in [2.45, 2.75) is 63.4 Å². The van der Waals surface area contributed by atoms with Crippen LogP contribution >= 0.6 is 0 Å². The van der Waals surface area contributed by atoms with E-state index in [1.807, 2.05) is 43.5 Å². The third-order valence-corrected chi connectivity index (χ3v) is 8.42. The van der Waals surface area contributed by atoms with Crippen molar-refractivity contribution in [3.8, 4) is 23.1 Å². The Morgan fingerprint density at radius 2 is 2.05 bits per heavy atom. The lowest BCUT2D eigenvalue weighted by atomic mass is 9.91. The summed E-state index contributed by atoms with van der Waals surface area (Å²) in [5.74, 6) is 0.561. The highest BCUT2D eigenvalue weighted by Gasteiger charge is 2.46. The van der Waals surface area contributed by atoms with Crippen LogP contribution in [0.4, 0.5) is 0 Å². The van der Waals surface area contributed by atoms with Crippen LogP contribution in [-0.2, 0) is 0 Å². The van der Waals surface area contributed by atoms with Crippen molar-refractivity contribution >= 4 is 5.65 Å². The van der Waals surface area contributed by atoms with E-state index in [1.165, 1.54) is 19.3 Å². The molecule has 9 nitrogen and oxygen atoms in total. The summed E-state index contributed by atoms with van der Waals surface area (Å²) in [5.41, 5.74) is 5.09. The molecule has 0 spiro atoms. The minimum Gasteiger partial charge on any atom is -0.469 e. The standard InChI is InChI=1S/C28H30N8O/c1-17-23(14-32-36(17)22-15-34(16-22)26-11-20-6-7-25(26)33-20)19-9-27-31-13-21(12-29)35(27)28(10-19)37-18(2)24-5-3-4-8-30-24/h3-5,8-10,13-14,18,20,22,25-26,33H,6-7,11,15-16H2,1-2H3/t18-,20?,25?,26?/m1/s1. The lowest BCUT2D eigenvalue weighted by Gasteiger charge is -2.45. The molecule has 0 aromatic carbocycles. The van der Waals surface area contributed by atoms with Gasteiger partial charge in [0, 0.05) is 54.7 Å². The van der Waals surface area contributed by atoms with Gasteiger partial charge in [-0.05, 0) is 56.9 Å². The zero-order valence-electron chi connectivity index (χ0n) is 21.1. The number of aromatic nitrogens is 5. The molecule has 3 saturated heterocycles. The Kier molecular flexibility index (Phi) is 5.27. The third-order valence-electron chi connectivity index (χ3n) is 8.42. The SMILES string of the molecule is Cc1c(-c2cc(O[C@H](C)c3ccccn3)n3c(C#N)cnc3c2)cnn1C1CN(C2CC3CCC2N3)C1. The average Bonchev–Trinajstić information content (AvgIpc) is 3.68. The van der Waals surface area contributed by atoms with Gasteiger partial charge in [0.1, 0.15) is 23.5 Å². The van der Waals surface area contributed by atoms with E-state index in [0.29, 0.717) is 35.3 Å².